The summed E-state index contributed by atoms with van der Waals surface area (Å²) >= 11 is 0. The van der Waals surface area contributed by atoms with E-state index in [0.29, 0.717) is 25.7 Å². The van der Waals surface area contributed by atoms with Crippen molar-refractivity contribution in [1.29, 1.82) is 0 Å². The first-order valence-electron chi connectivity index (χ1n) is 30.4. The number of aliphatic hydroxyl groups excluding tert-OH is 14. The molecule has 0 amide bonds. The van der Waals surface area contributed by atoms with Crippen LogP contribution in [0, 0.1) is 35.5 Å². The zero-order chi connectivity index (χ0) is 60.4. The van der Waals surface area contributed by atoms with Crippen LogP contribution in [-0.4, -0.2) is 157 Å². The molecule has 7 radical (unpaired) electrons. The molecule has 485 valence electrons. The first-order valence-corrected chi connectivity index (χ1v) is 30.4. The van der Waals surface area contributed by atoms with Crippen molar-refractivity contribution in [2.24, 2.45) is 35.5 Å². The molecule has 0 fully saturated rings. The summed E-state index contributed by atoms with van der Waals surface area (Å²) in [6.45, 7) is 39.2. The summed E-state index contributed by atoms with van der Waals surface area (Å²) in [5.74, 6) is 0.507. The van der Waals surface area contributed by atoms with Gasteiger partial charge >= 0.3 is 0 Å². The molecule has 14 N–H and O–H groups in total. The van der Waals surface area contributed by atoms with E-state index < -0.39 is 0 Å². The molecule has 16 unspecified atom stereocenters. The number of rotatable bonds is 34. The second kappa shape index (κ2) is 84.5. The third kappa shape index (κ3) is 79.8. The SMILES string of the molecule is CCC(O)C(C)C(O)C(C)C.CCC(O)C(C)C(O)CC.CCC(O)CC(O)C(C)C.CCCC(O)C(C)C(O)CC.CCCC(O)C(C)C(O)CCC.CCCC(O)CC(O)CC.CCCC(O)CC(O)CCC.[Sc].[Sc].[Sc].[Sc].[Sc].[Sc].[Sc]. The third-order valence-corrected chi connectivity index (χ3v) is 14.1. The summed E-state index contributed by atoms with van der Waals surface area (Å²) < 4.78 is 0. The Hall–Kier alpha value is 5.53. The van der Waals surface area contributed by atoms with Gasteiger partial charge in [0.05, 0.1) is 85.5 Å². The Balaban J connectivity index is -0.0000000541. The van der Waals surface area contributed by atoms with Crippen molar-refractivity contribution in [3.63, 3.8) is 0 Å². The normalized spacial score (nSPS) is 16.8. The maximum Gasteiger partial charge on any atom is 0.0613 e. The van der Waals surface area contributed by atoms with E-state index >= 15 is 0 Å². The molecule has 14 nitrogen and oxygen atoms in total. The minimum Gasteiger partial charge on any atom is -0.393 e. The van der Waals surface area contributed by atoms with E-state index in [0.717, 1.165) is 109 Å². The van der Waals surface area contributed by atoms with Gasteiger partial charge in [0.25, 0.3) is 0 Å². The van der Waals surface area contributed by atoms with Crippen LogP contribution >= 0.6 is 0 Å². The van der Waals surface area contributed by atoms with Gasteiger partial charge in [-0.15, -0.1) is 0 Å². The molecule has 0 aromatic rings. The van der Waals surface area contributed by atoms with Gasteiger partial charge in [0, 0.05) is 205 Å². The second-order valence-electron chi connectivity index (χ2n) is 22.1. The van der Waals surface area contributed by atoms with E-state index in [-0.39, 0.29) is 302 Å². The van der Waals surface area contributed by atoms with Crippen LogP contribution in [-0.2, 0) is 181 Å². The van der Waals surface area contributed by atoms with Crippen LogP contribution in [0.3, 0.4) is 0 Å². The quantitative estimate of drug-likeness (QED) is 0.0285. The average Bonchev–Trinajstić information content (AvgIpc) is 3.37. The monoisotopic (exact) mass is 1410 g/mol. The van der Waals surface area contributed by atoms with Gasteiger partial charge in [-0.3, -0.25) is 0 Å². The summed E-state index contributed by atoms with van der Waals surface area (Å²) in [6, 6.07) is 0. The maximum atomic E-state index is 9.55. The minimum absolute atomic E-state index is 0. The number of hydrogen-bond acceptors (Lipinski definition) is 14. The van der Waals surface area contributed by atoms with Crippen LogP contribution in [0.5, 0.6) is 0 Å². The zero-order valence-corrected chi connectivity index (χ0v) is 69.3. The van der Waals surface area contributed by atoms with Crippen molar-refractivity contribution < 1.29 is 252 Å². The van der Waals surface area contributed by atoms with Gasteiger partial charge in [0.15, 0.2) is 0 Å². The summed E-state index contributed by atoms with van der Waals surface area (Å²) in [4.78, 5) is 0. The average molecular weight is 1410 g/mol. The molecule has 0 aromatic heterocycles. The Labute approximate surface area is 638 Å². The molecule has 0 aromatic carbocycles. The van der Waals surface area contributed by atoms with Gasteiger partial charge in [0.2, 0.25) is 0 Å². The molecule has 0 rings (SSSR count). The van der Waals surface area contributed by atoms with E-state index in [1.165, 1.54) is 0 Å². The molecule has 16 atom stereocenters. The molecular weight excluding hydrogens is 1270 g/mol. The second-order valence-corrected chi connectivity index (χ2v) is 22.1. The Bertz CT molecular complexity index is 1080. The number of aliphatic hydroxyl groups is 14. The maximum absolute atomic E-state index is 9.55. The van der Waals surface area contributed by atoms with Crippen molar-refractivity contribution in [2.75, 3.05) is 0 Å². The fourth-order valence-corrected chi connectivity index (χ4v) is 7.63. The van der Waals surface area contributed by atoms with Crippen molar-refractivity contribution in [2.45, 2.75) is 359 Å². The van der Waals surface area contributed by atoms with Crippen molar-refractivity contribution in [3.05, 3.63) is 0 Å². The van der Waals surface area contributed by atoms with Crippen molar-refractivity contribution in [1.82, 2.24) is 0 Å². The van der Waals surface area contributed by atoms with Crippen LogP contribution in [0.2, 0.25) is 0 Å². The summed E-state index contributed by atoms with van der Waals surface area (Å²) in [5, 5.41) is 131. The van der Waals surface area contributed by atoms with Gasteiger partial charge in [-0.2, -0.15) is 0 Å². The standard InChI is InChI=1S/C10H22O2.3C9H20O2.3C8H18O2.7Sc/c1-4-6-9(11)8(3)10(12)7-5-2;1-5-8(10)7(4)9(11)6(2)3;1-4-6-9(11)7(3)8(10)5-2;1-3-5-8(10)7-9(11)6-4-2;1-4-7(9)5-8(10)6(2)3;1-4-7(9)6(3)8(10)5-2;1-3-5-8(10)6-7(9)4-2;;;;;;;/h8-12H,4-7H2,1-3H3;6-11H,5H2,1-4H3;7-11H,4-6H2,1-3H3;8-11H,3-7H2,1-2H3;2*6-10H,4-5H2,1-3H3;7-10H,3-6H2,1-2H3;;;;;;;. The molecule has 0 bridgehead atoms. The smallest absolute Gasteiger partial charge is 0.0613 e. The fraction of sp³-hybridized carbons (Fsp3) is 1.00. The van der Waals surface area contributed by atoms with Crippen LogP contribution in [0.15, 0.2) is 0 Å². The molecule has 82 heavy (non-hydrogen) atoms. The molecule has 0 aliphatic heterocycles. The fourth-order valence-electron chi connectivity index (χ4n) is 7.63. The predicted molar refractivity (Wildman–Crippen MR) is 315 cm³/mol. The van der Waals surface area contributed by atoms with Gasteiger partial charge in [-0.1, -0.05) is 177 Å². The molecule has 0 heterocycles. The summed E-state index contributed by atoms with van der Waals surface area (Å²) in [7, 11) is 0. The number of hydrogen-bond donors (Lipinski definition) is 14. The van der Waals surface area contributed by atoms with Gasteiger partial charge in [0.1, 0.15) is 0 Å². The Morgan fingerprint density at radius 1 is 0.207 bits per heavy atom. The van der Waals surface area contributed by atoms with E-state index in [2.05, 4.69) is 0 Å². The largest absolute Gasteiger partial charge is 0.393 e. The van der Waals surface area contributed by atoms with E-state index in [1.54, 1.807) is 0 Å². The molecule has 0 aliphatic rings. The minimum atomic E-state index is -0.384. The van der Waals surface area contributed by atoms with Crippen LogP contribution in [0.1, 0.15) is 273 Å². The van der Waals surface area contributed by atoms with E-state index in [4.69, 9.17) is 10.2 Å². The first-order chi connectivity index (χ1) is 34.9. The summed E-state index contributed by atoms with van der Waals surface area (Å²) in [6.07, 6.45) is 11.9. The Morgan fingerprint density at radius 2 is 0.415 bits per heavy atom. The zero-order valence-electron chi connectivity index (χ0n) is 56.7. The molecular formula is C61H136O14Sc7. The van der Waals surface area contributed by atoms with Crippen LogP contribution in [0.25, 0.3) is 0 Å². The van der Waals surface area contributed by atoms with E-state index in [9.17, 15) is 61.3 Å². The summed E-state index contributed by atoms with van der Waals surface area (Å²) in [5.41, 5.74) is 0. The molecule has 0 aliphatic carbocycles. The Morgan fingerprint density at radius 3 is 0.622 bits per heavy atom. The van der Waals surface area contributed by atoms with Crippen molar-refractivity contribution in [3.8, 4) is 0 Å². The third-order valence-electron chi connectivity index (χ3n) is 14.1. The molecule has 0 spiro atoms. The molecule has 0 saturated carbocycles. The van der Waals surface area contributed by atoms with Crippen LogP contribution in [0.4, 0.5) is 0 Å². The first kappa shape index (κ1) is 121. The van der Waals surface area contributed by atoms with Gasteiger partial charge < -0.3 is 71.5 Å². The topological polar surface area (TPSA) is 283 Å². The van der Waals surface area contributed by atoms with E-state index in [1.807, 2.05) is 138 Å². The molecule has 21 heteroatoms. The predicted octanol–water partition coefficient (Wildman–Crippen LogP) is 10.2. The molecule has 0 saturated heterocycles. The van der Waals surface area contributed by atoms with Crippen molar-refractivity contribution >= 4 is 0 Å². The Kier molecular flexibility index (Phi) is 125. The van der Waals surface area contributed by atoms with Crippen LogP contribution < -0.4 is 0 Å². The van der Waals surface area contributed by atoms with Gasteiger partial charge in [-0.05, 0) is 108 Å². The van der Waals surface area contributed by atoms with Gasteiger partial charge in [-0.25, -0.2) is 0 Å².